The van der Waals surface area contributed by atoms with Gasteiger partial charge in [-0.25, -0.2) is 0 Å². The van der Waals surface area contributed by atoms with Gasteiger partial charge in [0.2, 0.25) is 0 Å². The molecule has 222 valence electrons. The van der Waals surface area contributed by atoms with Crippen LogP contribution in [-0.4, -0.2) is 31.3 Å². The Morgan fingerprint density at radius 1 is 0.459 bits per heavy atom. The lowest BCUT2D eigenvalue weighted by atomic mass is 10.1. The summed E-state index contributed by atoms with van der Waals surface area (Å²) in [5.41, 5.74) is 0. The van der Waals surface area contributed by atoms with Crippen molar-refractivity contribution in [2.45, 2.75) is 168 Å². The zero-order valence-electron chi connectivity index (χ0n) is 25.9. The molecule has 0 aromatic carbocycles. The highest BCUT2D eigenvalue weighted by Gasteiger charge is 1.92. The first-order chi connectivity index (χ1) is 18.2. The summed E-state index contributed by atoms with van der Waals surface area (Å²) in [6.45, 7) is 9.15. The van der Waals surface area contributed by atoms with Crippen LogP contribution in [0, 0.1) is 0 Å². The molecule has 0 aliphatic rings. The van der Waals surface area contributed by atoms with Gasteiger partial charge >= 0.3 is 0 Å². The zero-order valence-corrected chi connectivity index (χ0v) is 26.9. The number of aliphatic hydroxyl groups excluding tert-OH is 1. The molecule has 0 atom stereocenters. The Morgan fingerprint density at radius 3 is 1.03 bits per heavy atom. The van der Waals surface area contributed by atoms with E-state index in [4.69, 9.17) is 5.11 Å². The lowest BCUT2D eigenvalue weighted by Gasteiger charge is -2.00. The number of aliphatic hydroxyl groups is 1. The summed E-state index contributed by atoms with van der Waals surface area (Å²) in [5.74, 6) is 0. The van der Waals surface area contributed by atoms with Crippen LogP contribution < -0.4 is 0 Å². The van der Waals surface area contributed by atoms with E-state index >= 15 is 0 Å². The maximum absolute atomic E-state index is 10.1. The topological polar surface area (TPSA) is 37.3 Å². The molecule has 0 amide bonds. The monoisotopic (exact) mass is 541 g/mol. The normalized spacial score (nSPS) is 10.8. The van der Waals surface area contributed by atoms with E-state index in [9.17, 15) is 4.79 Å². The van der Waals surface area contributed by atoms with E-state index in [1.54, 1.807) is 0 Å². The number of allylic oxidation sites excluding steroid dienone is 4. The molecule has 0 aliphatic carbocycles. The van der Waals surface area contributed by atoms with Gasteiger partial charge in [0.1, 0.15) is 6.29 Å². The molecule has 0 spiro atoms. The van der Waals surface area contributed by atoms with Crippen LogP contribution in [0.2, 0.25) is 0 Å². The Bertz CT molecular complexity index is 420. The van der Waals surface area contributed by atoms with E-state index in [0.29, 0.717) is 6.61 Å². The van der Waals surface area contributed by atoms with Crippen LogP contribution >= 0.6 is 8.58 Å². The molecule has 0 saturated heterocycles. The first-order valence-electron chi connectivity index (χ1n) is 16.2. The maximum atomic E-state index is 10.1. The molecular formula is C34H69O2P. The van der Waals surface area contributed by atoms with Crippen molar-refractivity contribution in [2.24, 2.45) is 0 Å². The number of aldehydes is 1. The highest BCUT2D eigenvalue weighted by molar-refractivity contribution is 7.35. The van der Waals surface area contributed by atoms with Gasteiger partial charge in [0.05, 0.1) is 0 Å². The van der Waals surface area contributed by atoms with E-state index in [1.807, 2.05) is 0 Å². The number of rotatable bonds is 26. The summed E-state index contributed by atoms with van der Waals surface area (Å²) in [6.07, 6.45) is 40.9. The molecule has 0 saturated carbocycles. The number of carbonyl (C=O) groups is 1. The van der Waals surface area contributed by atoms with Gasteiger partial charge in [-0.2, -0.15) is 0 Å². The van der Waals surface area contributed by atoms with E-state index in [-0.39, 0.29) is 0 Å². The van der Waals surface area contributed by atoms with Gasteiger partial charge in [0.15, 0.2) is 0 Å². The van der Waals surface area contributed by atoms with Crippen molar-refractivity contribution in [3.8, 4) is 0 Å². The van der Waals surface area contributed by atoms with Crippen molar-refractivity contribution >= 4 is 14.9 Å². The quantitative estimate of drug-likeness (QED) is 0.0512. The van der Waals surface area contributed by atoms with Crippen LogP contribution in [-0.2, 0) is 4.79 Å². The van der Waals surface area contributed by atoms with Crippen molar-refractivity contribution < 1.29 is 9.90 Å². The minimum atomic E-state index is 0.365. The fourth-order valence-corrected chi connectivity index (χ4v) is 3.92. The SMILES string of the molecule is CCCC/C=C\CCCCCCCCCC=O.CCCC/C=C\CCCCCCCCCCO.CPC. The average Bonchev–Trinajstić information content (AvgIpc) is 2.90. The van der Waals surface area contributed by atoms with Crippen molar-refractivity contribution in [3.63, 3.8) is 0 Å². The minimum absolute atomic E-state index is 0.365. The second kappa shape index (κ2) is 45.5. The smallest absolute Gasteiger partial charge is 0.119 e. The largest absolute Gasteiger partial charge is 0.396 e. The van der Waals surface area contributed by atoms with Gasteiger partial charge in [-0.15, -0.1) is 8.58 Å². The predicted molar refractivity (Wildman–Crippen MR) is 174 cm³/mol. The third kappa shape index (κ3) is 52.7. The van der Waals surface area contributed by atoms with E-state index in [2.05, 4.69) is 51.5 Å². The van der Waals surface area contributed by atoms with Crippen molar-refractivity contribution in [1.82, 2.24) is 0 Å². The predicted octanol–water partition coefficient (Wildman–Crippen LogP) is 11.6. The second-order valence-corrected chi connectivity index (χ2v) is 11.3. The molecule has 3 heteroatoms. The van der Waals surface area contributed by atoms with Gasteiger partial charge < -0.3 is 9.90 Å². The van der Waals surface area contributed by atoms with Crippen LogP contribution in [0.4, 0.5) is 0 Å². The van der Waals surface area contributed by atoms with Gasteiger partial charge in [-0.1, -0.05) is 134 Å². The van der Waals surface area contributed by atoms with Crippen molar-refractivity contribution in [3.05, 3.63) is 24.3 Å². The summed E-state index contributed by atoms with van der Waals surface area (Å²) in [4.78, 5) is 10.1. The lowest BCUT2D eigenvalue weighted by Crippen LogP contribution is -1.84. The Hall–Kier alpha value is -0.460. The highest BCUT2D eigenvalue weighted by Crippen LogP contribution is 2.11. The fourth-order valence-electron chi connectivity index (χ4n) is 3.92. The molecule has 0 heterocycles. The van der Waals surface area contributed by atoms with Crippen LogP contribution in [0.1, 0.15) is 168 Å². The number of carbonyl (C=O) groups excluding carboxylic acids is 1. The third-order valence-corrected chi connectivity index (χ3v) is 6.25. The van der Waals surface area contributed by atoms with Gasteiger partial charge in [0.25, 0.3) is 0 Å². The molecule has 0 unspecified atom stereocenters. The lowest BCUT2D eigenvalue weighted by molar-refractivity contribution is -0.107. The maximum Gasteiger partial charge on any atom is 0.119 e. The summed E-state index contributed by atoms with van der Waals surface area (Å²) in [6, 6.07) is 0. The molecule has 0 aromatic heterocycles. The standard InChI is InChI=1S/C16H32O.C16H30O.C2H7P/c2*1-2-3-4-5-6-7-8-9-10-11-12-13-14-15-16-17;1-3-2/h5-6,17H,2-4,7-16H2,1H3;5-6,16H,2-4,7-15H2,1H3;3H,1-2H3/b2*6-5-;. The third-order valence-electron chi connectivity index (χ3n) is 6.25. The molecule has 0 bridgehead atoms. The van der Waals surface area contributed by atoms with E-state index in [1.165, 1.54) is 135 Å². The molecule has 0 radical (unpaired) electrons. The molecule has 1 N–H and O–H groups in total. The van der Waals surface area contributed by atoms with Gasteiger partial charge in [-0.05, 0) is 64.7 Å². The fraction of sp³-hybridized carbons (Fsp3) is 0.853. The molecule has 0 aromatic rings. The summed E-state index contributed by atoms with van der Waals surface area (Å²) in [7, 11) is 1.08. The Morgan fingerprint density at radius 2 is 0.730 bits per heavy atom. The van der Waals surface area contributed by atoms with E-state index in [0.717, 1.165) is 34.1 Å². The number of hydrogen-bond donors (Lipinski definition) is 1. The Kier molecular flexibility index (Phi) is 50.4. The van der Waals surface area contributed by atoms with Gasteiger partial charge in [0, 0.05) is 13.0 Å². The van der Waals surface area contributed by atoms with Crippen molar-refractivity contribution in [2.75, 3.05) is 19.9 Å². The summed E-state index contributed by atoms with van der Waals surface area (Å²) < 4.78 is 0. The molecule has 0 rings (SSSR count). The Balaban J connectivity index is -0.000000564. The average molecular weight is 541 g/mol. The first kappa shape index (κ1) is 41.0. The zero-order chi connectivity index (χ0) is 27.9. The Labute approximate surface area is 236 Å². The molecule has 2 nitrogen and oxygen atoms in total. The highest BCUT2D eigenvalue weighted by atomic mass is 31.1. The van der Waals surface area contributed by atoms with Crippen LogP contribution in [0.3, 0.4) is 0 Å². The number of hydrogen-bond acceptors (Lipinski definition) is 2. The minimum Gasteiger partial charge on any atom is -0.396 e. The molecule has 0 fully saturated rings. The van der Waals surface area contributed by atoms with Crippen molar-refractivity contribution in [1.29, 1.82) is 0 Å². The first-order valence-corrected chi connectivity index (χ1v) is 18.2. The van der Waals surface area contributed by atoms with Crippen LogP contribution in [0.15, 0.2) is 24.3 Å². The summed E-state index contributed by atoms with van der Waals surface area (Å²) in [5, 5.41) is 8.64. The second-order valence-electron chi connectivity index (χ2n) is 10.3. The molecular weight excluding hydrogens is 471 g/mol. The molecule has 37 heavy (non-hydrogen) atoms. The van der Waals surface area contributed by atoms with Crippen LogP contribution in [0.5, 0.6) is 0 Å². The van der Waals surface area contributed by atoms with E-state index < -0.39 is 0 Å². The number of unbranched alkanes of at least 4 members (excludes halogenated alkanes) is 20. The van der Waals surface area contributed by atoms with Gasteiger partial charge in [-0.3, -0.25) is 0 Å². The summed E-state index contributed by atoms with van der Waals surface area (Å²) >= 11 is 0. The van der Waals surface area contributed by atoms with Crippen LogP contribution in [0.25, 0.3) is 0 Å². The molecule has 0 aliphatic heterocycles.